The number of halogens is 1. The molecule has 3 heteroatoms. The number of nitrogens with zero attached hydrogens (tertiary/aromatic N) is 1. The van der Waals surface area contributed by atoms with Gasteiger partial charge in [0.25, 0.3) is 0 Å². The van der Waals surface area contributed by atoms with Gasteiger partial charge in [-0.3, -0.25) is 0 Å². The van der Waals surface area contributed by atoms with E-state index in [-0.39, 0.29) is 5.82 Å². The van der Waals surface area contributed by atoms with Gasteiger partial charge in [-0.25, -0.2) is 9.37 Å². The largest absolute Gasteiger partial charge is 0.384 e. The maximum atomic E-state index is 13.4. The molecule has 2 aromatic rings. The molecule has 16 heavy (non-hydrogen) atoms. The third-order valence-electron chi connectivity index (χ3n) is 2.48. The van der Waals surface area contributed by atoms with E-state index >= 15 is 0 Å². The van der Waals surface area contributed by atoms with Crippen LogP contribution in [0, 0.1) is 19.7 Å². The average molecular weight is 216 g/mol. The molecule has 0 saturated carbocycles. The van der Waals surface area contributed by atoms with Crippen molar-refractivity contribution in [3.63, 3.8) is 0 Å². The molecule has 0 radical (unpaired) electrons. The van der Waals surface area contributed by atoms with Crippen LogP contribution in [0.4, 0.5) is 10.2 Å². The summed E-state index contributed by atoms with van der Waals surface area (Å²) in [5.74, 6) is 0.251. The molecular weight excluding hydrogens is 203 g/mol. The molecule has 0 saturated heterocycles. The van der Waals surface area contributed by atoms with Crippen LogP contribution in [0.15, 0.2) is 30.3 Å². The Morgan fingerprint density at radius 1 is 1.06 bits per heavy atom. The Labute approximate surface area is 93.9 Å². The third-order valence-corrected chi connectivity index (χ3v) is 2.48. The molecule has 0 spiro atoms. The molecular formula is C13H13FN2. The quantitative estimate of drug-likeness (QED) is 0.795. The van der Waals surface area contributed by atoms with Crippen molar-refractivity contribution >= 4 is 5.82 Å². The van der Waals surface area contributed by atoms with E-state index in [1.807, 2.05) is 19.1 Å². The molecule has 2 rings (SSSR count). The summed E-state index contributed by atoms with van der Waals surface area (Å²) in [6, 6.07) is 8.80. The number of pyridine rings is 1. The number of anilines is 1. The third kappa shape index (κ3) is 2.03. The van der Waals surface area contributed by atoms with Crippen molar-refractivity contribution < 1.29 is 4.39 Å². The fraction of sp³-hybridized carbons (Fsp3) is 0.154. The van der Waals surface area contributed by atoms with Gasteiger partial charge in [0.1, 0.15) is 11.6 Å². The van der Waals surface area contributed by atoms with E-state index in [0.29, 0.717) is 11.4 Å². The number of benzene rings is 1. The molecule has 0 amide bonds. The molecule has 0 fully saturated rings. The molecule has 1 heterocycles. The summed E-state index contributed by atoms with van der Waals surface area (Å²) in [5, 5.41) is 0. The Kier molecular flexibility index (Phi) is 2.60. The Balaban J connectivity index is 2.54. The van der Waals surface area contributed by atoms with Crippen molar-refractivity contribution in [1.82, 2.24) is 4.98 Å². The second-order valence-corrected chi connectivity index (χ2v) is 3.89. The van der Waals surface area contributed by atoms with Crippen molar-refractivity contribution in [2.75, 3.05) is 5.73 Å². The van der Waals surface area contributed by atoms with E-state index in [9.17, 15) is 4.39 Å². The lowest BCUT2D eigenvalue weighted by Crippen LogP contribution is -1.93. The van der Waals surface area contributed by atoms with Crippen molar-refractivity contribution in [3.05, 3.63) is 47.4 Å². The zero-order valence-corrected chi connectivity index (χ0v) is 9.29. The van der Waals surface area contributed by atoms with Gasteiger partial charge in [-0.1, -0.05) is 12.1 Å². The standard InChI is InChI=1S/C13H13FN2/c1-8-3-4-10(6-12(8)14)11-5-9(2)16-13(15)7-11/h3-7H,1-2H3,(H2,15,16). The van der Waals surface area contributed by atoms with Crippen LogP contribution in [0.1, 0.15) is 11.3 Å². The van der Waals surface area contributed by atoms with Crippen molar-refractivity contribution in [1.29, 1.82) is 0 Å². The summed E-state index contributed by atoms with van der Waals surface area (Å²) in [7, 11) is 0. The number of hydrogen-bond donors (Lipinski definition) is 1. The summed E-state index contributed by atoms with van der Waals surface area (Å²) in [6.07, 6.45) is 0. The van der Waals surface area contributed by atoms with Gasteiger partial charge in [0.15, 0.2) is 0 Å². The van der Waals surface area contributed by atoms with Gasteiger partial charge in [-0.15, -0.1) is 0 Å². The summed E-state index contributed by atoms with van der Waals surface area (Å²) in [5.41, 5.74) is 8.84. The van der Waals surface area contributed by atoms with E-state index in [1.54, 1.807) is 19.1 Å². The van der Waals surface area contributed by atoms with Crippen molar-refractivity contribution in [3.8, 4) is 11.1 Å². The fourth-order valence-corrected chi connectivity index (χ4v) is 1.63. The van der Waals surface area contributed by atoms with Crippen LogP contribution < -0.4 is 5.73 Å². The molecule has 1 aromatic carbocycles. The molecule has 2 N–H and O–H groups in total. The van der Waals surface area contributed by atoms with Crippen molar-refractivity contribution in [2.24, 2.45) is 0 Å². The minimum absolute atomic E-state index is 0.203. The molecule has 0 atom stereocenters. The van der Waals surface area contributed by atoms with Gasteiger partial charge in [0, 0.05) is 5.69 Å². The second kappa shape index (κ2) is 3.93. The monoisotopic (exact) mass is 216 g/mol. The van der Waals surface area contributed by atoms with Gasteiger partial charge < -0.3 is 5.73 Å². The lowest BCUT2D eigenvalue weighted by Gasteiger charge is -2.05. The number of nitrogen functional groups attached to an aromatic ring is 1. The SMILES string of the molecule is Cc1cc(-c2ccc(C)c(F)c2)cc(N)n1. The number of aromatic nitrogens is 1. The van der Waals surface area contributed by atoms with Crippen LogP contribution in [-0.4, -0.2) is 4.98 Å². The van der Waals surface area contributed by atoms with Crippen LogP contribution in [0.25, 0.3) is 11.1 Å². The number of nitrogens with two attached hydrogens (primary N) is 1. The van der Waals surface area contributed by atoms with E-state index in [0.717, 1.165) is 16.8 Å². The smallest absolute Gasteiger partial charge is 0.126 e. The highest BCUT2D eigenvalue weighted by molar-refractivity contribution is 5.66. The van der Waals surface area contributed by atoms with E-state index in [4.69, 9.17) is 5.73 Å². The predicted octanol–water partition coefficient (Wildman–Crippen LogP) is 3.09. The highest BCUT2D eigenvalue weighted by atomic mass is 19.1. The van der Waals surface area contributed by atoms with Crippen molar-refractivity contribution in [2.45, 2.75) is 13.8 Å². The van der Waals surface area contributed by atoms with Gasteiger partial charge in [-0.2, -0.15) is 0 Å². The fourth-order valence-electron chi connectivity index (χ4n) is 1.63. The first kappa shape index (κ1) is 10.6. The molecule has 82 valence electrons. The Hall–Kier alpha value is -1.90. The van der Waals surface area contributed by atoms with Crippen LogP contribution in [0.3, 0.4) is 0 Å². The minimum atomic E-state index is -0.203. The highest BCUT2D eigenvalue weighted by Gasteiger charge is 2.04. The van der Waals surface area contributed by atoms with Gasteiger partial charge in [0.2, 0.25) is 0 Å². The summed E-state index contributed by atoms with van der Waals surface area (Å²) in [6.45, 7) is 3.61. The van der Waals surface area contributed by atoms with E-state index in [1.165, 1.54) is 6.07 Å². The first-order valence-corrected chi connectivity index (χ1v) is 5.07. The molecule has 0 aliphatic rings. The summed E-state index contributed by atoms with van der Waals surface area (Å²) in [4.78, 5) is 4.08. The molecule has 1 aromatic heterocycles. The first-order valence-electron chi connectivity index (χ1n) is 5.07. The summed E-state index contributed by atoms with van der Waals surface area (Å²) < 4.78 is 13.4. The number of rotatable bonds is 1. The number of hydrogen-bond acceptors (Lipinski definition) is 2. The topological polar surface area (TPSA) is 38.9 Å². The average Bonchev–Trinajstić information content (AvgIpc) is 2.20. The maximum absolute atomic E-state index is 13.4. The minimum Gasteiger partial charge on any atom is -0.384 e. The molecule has 0 aliphatic carbocycles. The van der Waals surface area contributed by atoms with Gasteiger partial charge in [-0.05, 0) is 48.7 Å². The van der Waals surface area contributed by atoms with Gasteiger partial charge in [0.05, 0.1) is 0 Å². The maximum Gasteiger partial charge on any atom is 0.126 e. The zero-order valence-electron chi connectivity index (χ0n) is 9.29. The zero-order chi connectivity index (χ0) is 11.7. The molecule has 0 bridgehead atoms. The Morgan fingerprint density at radius 3 is 2.44 bits per heavy atom. The highest BCUT2D eigenvalue weighted by Crippen LogP contribution is 2.23. The first-order chi connectivity index (χ1) is 7.56. The lowest BCUT2D eigenvalue weighted by molar-refractivity contribution is 0.619. The normalized spacial score (nSPS) is 10.4. The molecule has 2 nitrogen and oxygen atoms in total. The van der Waals surface area contributed by atoms with Crippen LogP contribution in [0.5, 0.6) is 0 Å². The number of aryl methyl sites for hydroxylation is 2. The van der Waals surface area contributed by atoms with E-state index < -0.39 is 0 Å². The molecule has 0 aliphatic heterocycles. The van der Waals surface area contributed by atoms with Crippen LogP contribution in [0.2, 0.25) is 0 Å². The second-order valence-electron chi connectivity index (χ2n) is 3.89. The Morgan fingerprint density at radius 2 is 1.81 bits per heavy atom. The predicted molar refractivity (Wildman–Crippen MR) is 63.5 cm³/mol. The Bertz CT molecular complexity index is 515. The molecule has 0 unspecified atom stereocenters. The lowest BCUT2D eigenvalue weighted by atomic mass is 10.0. The van der Waals surface area contributed by atoms with E-state index in [2.05, 4.69) is 4.98 Å². The van der Waals surface area contributed by atoms with Crippen LogP contribution in [-0.2, 0) is 0 Å². The van der Waals surface area contributed by atoms with Crippen LogP contribution >= 0.6 is 0 Å². The van der Waals surface area contributed by atoms with Gasteiger partial charge >= 0.3 is 0 Å². The summed E-state index contributed by atoms with van der Waals surface area (Å²) >= 11 is 0.